The van der Waals surface area contributed by atoms with Crippen LogP contribution >= 0.6 is 0 Å². The lowest BCUT2D eigenvalue weighted by Gasteiger charge is -2.17. The van der Waals surface area contributed by atoms with Crippen LogP contribution in [0.2, 0.25) is 0 Å². The normalized spacial score (nSPS) is 11.7. The number of hydrogen-bond donors (Lipinski definition) is 0. The monoisotopic (exact) mass is 684 g/mol. The van der Waals surface area contributed by atoms with Crippen molar-refractivity contribution in [2.24, 2.45) is 0 Å². The lowest BCUT2D eigenvalue weighted by atomic mass is 9.88. The highest BCUT2D eigenvalue weighted by molar-refractivity contribution is 6.18. The number of para-hydroxylation sites is 2. The number of fused-ring (bicyclic) bond motifs is 7. The second-order valence-corrected chi connectivity index (χ2v) is 14.1. The quantitative estimate of drug-likeness (QED) is 0.136. The minimum atomic E-state index is 0.973. The molecule has 0 aliphatic carbocycles. The van der Waals surface area contributed by atoms with E-state index in [2.05, 4.69) is 194 Å². The highest BCUT2D eigenvalue weighted by atomic mass is 14.7. The van der Waals surface area contributed by atoms with Crippen LogP contribution in [-0.4, -0.2) is 9.97 Å². The molecule has 11 aromatic rings. The number of rotatable bonds is 4. The zero-order chi connectivity index (χ0) is 35.6. The van der Waals surface area contributed by atoms with Gasteiger partial charge in [0.2, 0.25) is 0 Å². The molecule has 0 N–H and O–H groups in total. The average Bonchev–Trinajstić information content (AvgIpc) is 3.24. The fraction of sp³-hybridized carbons (Fsp3) is 0. The molecule has 0 aliphatic heterocycles. The van der Waals surface area contributed by atoms with Gasteiger partial charge < -0.3 is 0 Å². The number of pyridine rings is 2. The first-order chi connectivity index (χ1) is 26.8. The Bertz CT molecular complexity index is 3200. The molecule has 0 bridgehead atoms. The molecule has 2 aromatic heterocycles. The van der Waals surface area contributed by atoms with Crippen molar-refractivity contribution in [2.75, 3.05) is 0 Å². The third-order valence-corrected chi connectivity index (χ3v) is 11.0. The Morgan fingerprint density at radius 1 is 0.278 bits per heavy atom. The topological polar surface area (TPSA) is 25.8 Å². The van der Waals surface area contributed by atoms with Gasteiger partial charge in [-0.3, -0.25) is 0 Å². The van der Waals surface area contributed by atoms with Crippen molar-refractivity contribution < 1.29 is 0 Å². The predicted molar refractivity (Wildman–Crippen MR) is 229 cm³/mol. The molecule has 2 heteroatoms. The SMILES string of the molecule is c1ccc2c(-c3cc(-c4cccc5ccccc45)c4cc(-c5ccc(-c6c7ccccc7nc7ccccc67)cc5)c5ccccc5c4n3)cccc2c1. The van der Waals surface area contributed by atoms with Crippen molar-refractivity contribution in [3.8, 4) is 44.6 Å². The number of hydrogen-bond acceptors (Lipinski definition) is 2. The number of nitrogens with zero attached hydrogens (tertiary/aromatic N) is 2. The van der Waals surface area contributed by atoms with Crippen LogP contribution in [-0.2, 0) is 0 Å². The highest BCUT2D eigenvalue weighted by Crippen LogP contribution is 2.43. The number of benzene rings is 9. The first kappa shape index (κ1) is 30.5. The molecule has 0 unspecified atom stereocenters. The Labute approximate surface area is 312 Å². The van der Waals surface area contributed by atoms with Gasteiger partial charge >= 0.3 is 0 Å². The van der Waals surface area contributed by atoms with E-state index in [1.807, 2.05) is 0 Å². The molecule has 11 rings (SSSR count). The van der Waals surface area contributed by atoms with E-state index in [1.165, 1.54) is 60.3 Å². The zero-order valence-corrected chi connectivity index (χ0v) is 29.4. The fourth-order valence-electron chi connectivity index (χ4n) is 8.53. The van der Waals surface area contributed by atoms with Gasteiger partial charge in [0.1, 0.15) is 0 Å². The summed E-state index contributed by atoms with van der Waals surface area (Å²) in [5, 5.41) is 10.6. The molecule has 0 amide bonds. The van der Waals surface area contributed by atoms with Gasteiger partial charge in [-0.2, -0.15) is 0 Å². The molecule has 250 valence electrons. The van der Waals surface area contributed by atoms with Gasteiger partial charge in [0.05, 0.1) is 22.2 Å². The van der Waals surface area contributed by atoms with E-state index in [4.69, 9.17) is 9.97 Å². The Hall–Kier alpha value is -7.16. The van der Waals surface area contributed by atoms with Gasteiger partial charge in [-0.1, -0.05) is 170 Å². The maximum Gasteiger partial charge on any atom is 0.0794 e. The molecule has 0 atom stereocenters. The first-order valence-corrected chi connectivity index (χ1v) is 18.5. The summed E-state index contributed by atoms with van der Waals surface area (Å²) in [5.74, 6) is 0. The minimum absolute atomic E-state index is 0.973. The summed E-state index contributed by atoms with van der Waals surface area (Å²) in [6.07, 6.45) is 0. The first-order valence-electron chi connectivity index (χ1n) is 18.5. The fourth-order valence-corrected chi connectivity index (χ4v) is 8.53. The van der Waals surface area contributed by atoms with Crippen LogP contribution in [0.15, 0.2) is 194 Å². The van der Waals surface area contributed by atoms with Crippen LogP contribution in [0.5, 0.6) is 0 Å². The van der Waals surface area contributed by atoms with Crippen molar-refractivity contribution in [1.82, 2.24) is 9.97 Å². The molecular weight excluding hydrogens is 653 g/mol. The van der Waals surface area contributed by atoms with E-state index >= 15 is 0 Å². The second kappa shape index (κ2) is 12.2. The Morgan fingerprint density at radius 3 is 1.44 bits per heavy atom. The molecule has 2 heterocycles. The summed E-state index contributed by atoms with van der Waals surface area (Å²) in [6.45, 7) is 0. The summed E-state index contributed by atoms with van der Waals surface area (Å²) in [7, 11) is 0. The average molecular weight is 685 g/mol. The van der Waals surface area contributed by atoms with Crippen LogP contribution < -0.4 is 0 Å². The molecule has 0 saturated carbocycles. The lowest BCUT2D eigenvalue weighted by Crippen LogP contribution is -1.94. The van der Waals surface area contributed by atoms with Gasteiger partial charge in [0.15, 0.2) is 0 Å². The Morgan fingerprint density at radius 2 is 0.778 bits per heavy atom. The van der Waals surface area contributed by atoms with Crippen molar-refractivity contribution in [2.45, 2.75) is 0 Å². The van der Waals surface area contributed by atoms with Crippen molar-refractivity contribution in [3.63, 3.8) is 0 Å². The molecule has 9 aromatic carbocycles. The third-order valence-electron chi connectivity index (χ3n) is 11.0. The second-order valence-electron chi connectivity index (χ2n) is 14.1. The van der Waals surface area contributed by atoms with Gasteiger partial charge in [-0.25, -0.2) is 9.97 Å². The van der Waals surface area contributed by atoms with E-state index in [0.717, 1.165) is 49.4 Å². The van der Waals surface area contributed by atoms with Crippen LogP contribution in [0, 0.1) is 0 Å². The van der Waals surface area contributed by atoms with Crippen LogP contribution in [0.3, 0.4) is 0 Å². The van der Waals surface area contributed by atoms with Gasteiger partial charge in [0.25, 0.3) is 0 Å². The van der Waals surface area contributed by atoms with Crippen molar-refractivity contribution in [3.05, 3.63) is 194 Å². The van der Waals surface area contributed by atoms with E-state index in [9.17, 15) is 0 Å². The summed E-state index contributed by atoms with van der Waals surface area (Å²) in [5.41, 5.74) is 12.3. The van der Waals surface area contributed by atoms with Gasteiger partial charge in [0, 0.05) is 32.7 Å². The largest absolute Gasteiger partial charge is 0.248 e. The molecular formula is C52H32N2. The maximum absolute atomic E-state index is 5.53. The molecule has 2 nitrogen and oxygen atoms in total. The summed E-state index contributed by atoms with van der Waals surface area (Å²) < 4.78 is 0. The van der Waals surface area contributed by atoms with Crippen LogP contribution in [0.25, 0.3) is 110 Å². The summed E-state index contributed by atoms with van der Waals surface area (Å²) in [4.78, 5) is 10.5. The Balaban J connectivity index is 1.18. The predicted octanol–water partition coefficient (Wildman–Crippen LogP) is 14.1. The summed E-state index contributed by atoms with van der Waals surface area (Å²) in [6, 6.07) is 69.9. The lowest BCUT2D eigenvalue weighted by molar-refractivity contribution is 1.42. The third kappa shape index (κ3) is 4.81. The number of aromatic nitrogens is 2. The van der Waals surface area contributed by atoms with Crippen molar-refractivity contribution in [1.29, 1.82) is 0 Å². The summed E-state index contributed by atoms with van der Waals surface area (Å²) >= 11 is 0. The minimum Gasteiger partial charge on any atom is -0.248 e. The maximum atomic E-state index is 5.53. The van der Waals surface area contributed by atoms with Crippen molar-refractivity contribution >= 4 is 65.0 Å². The molecule has 0 spiro atoms. The Kier molecular flexibility index (Phi) is 6.90. The van der Waals surface area contributed by atoms with Crippen LogP contribution in [0.4, 0.5) is 0 Å². The zero-order valence-electron chi connectivity index (χ0n) is 29.4. The molecule has 0 aliphatic rings. The van der Waals surface area contributed by atoms with Gasteiger partial charge in [-0.15, -0.1) is 0 Å². The standard InChI is InChI=1S/C52H32N2/c1-3-17-37-33(13-1)15-11-23-39(37)46-32-50(41-24-12-16-34-14-2-4-18-38(34)41)54-52-42-20-6-5-19-40(42)45(31-47(46)52)35-27-29-36(30-28-35)51-43-21-7-9-25-48(43)53-49-26-10-8-22-44(49)51/h1-32H. The highest BCUT2D eigenvalue weighted by Gasteiger charge is 2.19. The van der Waals surface area contributed by atoms with E-state index in [0.29, 0.717) is 0 Å². The van der Waals surface area contributed by atoms with E-state index in [1.54, 1.807) is 0 Å². The molecule has 0 radical (unpaired) electrons. The van der Waals surface area contributed by atoms with Crippen LogP contribution in [0.1, 0.15) is 0 Å². The molecule has 0 fully saturated rings. The smallest absolute Gasteiger partial charge is 0.0794 e. The molecule has 0 saturated heterocycles. The molecule has 54 heavy (non-hydrogen) atoms. The van der Waals surface area contributed by atoms with Gasteiger partial charge in [-0.05, 0) is 79.0 Å². The van der Waals surface area contributed by atoms with E-state index < -0.39 is 0 Å². The van der Waals surface area contributed by atoms with E-state index in [-0.39, 0.29) is 0 Å².